The van der Waals surface area contributed by atoms with E-state index in [0.29, 0.717) is 16.6 Å². The SMILES string of the molecule is Cc1nc(SCC(=O)c2ccc(CNS(=O)(=O)CC3CC3)s2)c2ccccc2n1. The van der Waals surface area contributed by atoms with Crippen molar-refractivity contribution < 1.29 is 13.2 Å². The minimum atomic E-state index is -3.25. The van der Waals surface area contributed by atoms with Crippen molar-refractivity contribution in [1.82, 2.24) is 14.7 Å². The monoisotopic (exact) mass is 447 g/mol. The number of carbonyl (C=O) groups excluding carboxylic acids is 1. The van der Waals surface area contributed by atoms with Gasteiger partial charge in [0.25, 0.3) is 0 Å². The van der Waals surface area contributed by atoms with Crippen LogP contribution in [0.25, 0.3) is 10.9 Å². The van der Waals surface area contributed by atoms with E-state index in [9.17, 15) is 13.2 Å². The van der Waals surface area contributed by atoms with Gasteiger partial charge in [-0.2, -0.15) is 0 Å². The van der Waals surface area contributed by atoms with Crippen LogP contribution < -0.4 is 4.72 Å². The number of benzene rings is 1. The van der Waals surface area contributed by atoms with E-state index in [1.165, 1.54) is 23.1 Å². The summed E-state index contributed by atoms with van der Waals surface area (Å²) in [5, 5.41) is 1.74. The predicted octanol–water partition coefficient (Wildman–Crippen LogP) is 3.80. The molecule has 0 bridgehead atoms. The highest BCUT2D eigenvalue weighted by Crippen LogP contribution is 2.30. The number of thiophene rings is 1. The molecule has 1 N–H and O–H groups in total. The van der Waals surface area contributed by atoms with E-state index < -0.39 is 10.0 Å². The molecule has 1 fully saturated rings. The summed E-state index contributed by atoms with van der Waals surface area (Å²) >= 11 is 2.74. The molecule has 1 aliphatic rings. The maximum Gasteiger partial charge on any atom is 0.212 e. The summed E-state index contributed by atoms with van der Waals surface area (Å²) in [7, 11) is -3.25. The first-order valence-corrected chi connectivity index (χ1v) is 12.8. The van der Waals surface area contributed by atoms with Crippen molar-refractivity contribution in [2.24, 2.45) is 5.92 Å². The number of rotatable bonds is 9. The molecule has 4 rings (SSSR count). The highest BCUT2D eigenvalue weighted by Gasteiger charge is 2.27. The molecule has 9 heteroatoms. The summed E-state index contributed by atoms with van der Waals surface area (Å²) in [6.07, 6.45) is 1.99. The van der Waals surface area contributed by atoms with E-state index in [-0.39, 0.29) is 23.8 Å². The van der Waals surface area contributed by atoms with Crippen molar-refractivity contribution in [3.05, 3.63) is 52.0 Å². The minimum Gasteiger partial charge on any atom is -0.292 e. The lowest BCUT2D eigenvalue weighted by molar-refractivity contribution is 0.102. The Bertz CT molecular complexity index is 1150. The number of hydrogen-bond acceptors (Lipinski definition) is 7. The van der Waals surface area contributed by atoms with Gasteiger partial charge in [0.1, 0.15) is 10.9 Å². The third kappa shape index (κ3) is 5.42. The van der Waals surface area contributed by atoms with Crippen LogP contribution in [0.1, 0.15) is 33.2 Å². The zero-order valence-corrected chi connectivity index (χ0v) is 18.4. The van der Waals surface area contributed by atoms with Gasteiger partial charge in [0, 0.05) is 16.8 Å². The Kier molecular flexibility index (Phi) is 6.00. The van der Waals surface area contributed by atoms with Crippen LogP contribution in [0.15, 0.2) is 41.4 Å². The Morgan fingerprint density at radius 1 is 1.21 bits per heavy atom. The Morgan fingerprint density at radius 2 is 2.00 bits per heavy atom. The minimum absolute atomic E-state index is 0.00688. The summed E-state index contributed by atoms with van der Waals surface area (Å²) in [4.78, 5) is 23.0. The van der Waals surface area contributed by atoms with Gasteiger partial charge in [-0.1, -0.05) is 30.0 Å². The van der Waals surface area contributed by atoms with E-state index in [1.54, 1.807) is 6.07 Å². The average molecular weight is 448 g/mol. The largest absolute Gasteiger partial charge is 0.292 e. The third-order valence-corrected chi connectivity index (χ3v) is 8.19. The van der Waals surface area contributed by atoms with Crippen LogP contribution in [-0.4, -0.2) is 35.7 Å². The molecule has 29 heavy (non-hydrogen) atoms. The van der Waals surface area contributed by atoms with E-state index in [4.69, 9.17) is 0 Å². The average Bonchev–Trinajstić information content (AvgIpc) is 3.35. The van der Waals surface area contributed by atoms with Gasteiger partial charge in [0.2, 0.25) is 10.0 Å². The van der Waals surface area contributed by atoms with Crippen molar-refractivity contribution in [2.45, 2.75) is 31.3 Å². The molecular formula is C20H21N3O3S3. The topological polar surface area (TPSA) is 89.0 Å². The van der Waals surface area contributed by atoms with Gasteiger partial charge in [-0.3, -0.25) is 4.79 Å². The number of para-hydroxylation sites is 1. The molecule has 0 atom stereocenters. The van der Waals surface area contributed by atoms with Crippen molar-refractivity contribution >= 4 is 49.8 Å². The number of sulfonamides is 1. The molecule has 3 aromatic rings. The highest BCUT2D eigenvalue weighted by molar-refractivity contribution is 8.00. The fourth-order valence-electron chi connectivity index (χ4n) is 2.93. The lowest BCUT2D eigenvalue weighted by Gasteiger charge is -2.06. The normalized spacial score (nSPS) is 14.4. The van der Waals surface area contributed by atoms with E-state index in [1.807, 2.05) is 37.3 Å². The quantitative estimate of drug-likeness (QED) is 0.305. The molecule has 152 valence electrons. The highest BCUT2D eigenvalue weighted by atomic mass is 32.2. The van der Waals surface area contributed by atoms with E-state index >= 15 is 0 Å². The first-order chi connectivity index (χ1) is 13.9. The summed E-state index contributed by atoms with van der Waals surface area (Å²) in [6, 6.07) is 11.3. The van der Waals surface area contributed by atoms with Crippen LogP contribution in [-0.2, 0) is 16.6 Å². The molecule has 0 saturated heterocycles. The zero-order chi connectivity index (χ0) is 20.4. The maximum absolute atomic E-state index is 12.6. The Hall–Kier alpha value is -1.81. The van der Waals surface area contributed by atoms with Crippen LogP contribution in [0.3, 0.4) is 0 Å². The molecule has 1 aromatic carbocycles. The fraction of sp³-hybridized carbons (Fsp3) is 0.350. The number of nitrogens with zero attached hydrogens (tertiary/aromatic N) is 2. The van der Waals surface area contributed by atoms with E-state index in [2.05, 4.69) is 14.7 Å². The van der Waals surface area contributed by atoms with Crippen LogP contribution >= 0.6 is 23.1 Å². The molecular weight excluding hydrogens is 426 g/mol. The predicted molar refractivity (Wildman–Crippen MR) is 117 cm³/mol. The number of fused-ring (bicyclic) bond motifs is 1. The number of thioether (sulfide) groups is 1. The first kappa shape index (κ1) is 20.5. The number of carbonyl (C=O) groups is 1. The molecule has 0 unspecified atom stereocenters. The van der Waals surface area contributed by atoms with Gasteiger partial charge < -0.3 is 0 Å². The zero-order valence-electron chi connectivity index (χ0n) is 15.9. The first-order valence-electron chi connectivity index (χ1n) is 9.35. The number of Topliss-reactive ketones (excluding diaryl/α,β-unsaturated/α-hetero) is 1. The van der Waals surface area contributed by atoms with Crippen LogP contribution in [0.4, 0.5) is 0 Å². The number of aryl methyl sites for hydroxylation is 1. The number of ketones is 1. The van der Waals surface area contributed by atoms with Gasteiger partial charge in [-0.05, 0) is 43.9 Å². The molecule has 6 nitrogen and oxygen atoms in total. The van der Waals surface area contributed by atoms with Gasteiger partial charge in [0.05, 0.1) is 21.9 Å². The Balaban J connectivity index is 1.37. The summed E-state index contributed by atoms with van der Waals surface area (Å²) < 4.78 is 26.6. The van der Waals surface area contributed by atoms with Crippen molar-refractivity contribution in [1.29, 1.82) is 0 Å². The van der Waals surface area contributed by atoms with Crippen LogP contribution in [0.2, 0.25) is 0 Å². The molecule has 0 spiro atoms. The number of aromatic nitrogens is 2. The van der Waals surface area contributed by atoms with Gasteiger partial charge in [-0.15, -0.1) is 11.3 Å². The second kappa shape index (κ2) is 8.51. The smallest absolute Gasteiger partial charge is 0.212 e. The molecule has 2 heterocycles. The molecule has 0 amide bonds. The maximum atomic E-state index is 12.6. The molecule has 2 aromatic heterocycles. The molecule has 1 aliphatic carbocycles. The van der Waals surface area contributed by atoms with Gasteiger partial charge in [0.15, 0.2) is 5.78 Å². The second-order valence-corrected chi connectivity index (χ2v) is 11.1. The van der Waals surface area contributed by atoms with Crippen LogP contribution in [0, 0.1) is 12.8 Å². The van der Waals surface area contributed by atoms with Crippen molar-refractivity contribution in [3.8, 4) is 0 Å². The Labute approximate surface area is 178 Å². The lowest BCUT2D eigenvalue weighted by atomic mass is 10.2. The molecule has 0 radical (unpaired) electrons. The Morgan fingerprint density at radius 3 is 2.79 bits per heavy atom. The standard InChI is InChI=1S/C20H21N3O3S3/c1-13-22-17-5-3-2-4-16(17)20(23-13)27-11-18(24)19-9-8-15(28-19)10-21-29(25,26)12-14-6-7-14/h2-5,8-9,14,21H,6-7,10-12H2,1H3. The van der Waals surface area contributed by atoms with Gasteiger partial charge in [-0.25, -0.2) is 23.1 Å². The second-order valence-electron chi connectivity index (χ2n) is 7.12. The molecule has 1 saturated carbocycles. The summed E-state index contributed by atoms with van der Waals surface area (Å²) in [6.45, 7) is 2.07. The number of nitrogens with one attached hydrogen (secondary N) is 1. The summed E-state index contributed by atoms with van der Waals surface area (Å²) in [5.41, 5.74) is 0.867. The van der Waals surface area contributed by atoms with Crippen molar-refractivity contribution in [2.75, 3.05) is 11.5 Å². The van der Waals surface area contributed by atoms with Crippen molar-refractivity contribution in [3.63, 3.8) is 0 Å². The van der Waals surface area contributed by atoms with Gasteiger partial charge >= 0.3 is 0 Å². The van der Waals surface area contributed by atoms with E-state index in [0.717, 1.165) is 33.6 Å². The fourth-order valence-corrected chi connectivity index (χ4v) is 6.39. The van der Waals surface area contributed by atoms with Crippen LogP contribution in [0.5, 0.6) is 0 Å². The number of hydrogen-bond donors (Lipinski definition) is 1. The summed E-state index contributed by atoms with van der Waals surface area (Å²) in [5.74, 6) is 1.47. The molecule has 0 aliphatic heterocycles. The lowest BCUT2D eigenvalue weighted by Crippen LogP contribution is -2.26. The third-order valence-electron chi connectivity index (χ3n) is 4.57.